The molecule has 1 aliphatic rings. The molecule has 3 aromatic carbocycles. The Hall–Kier alpha value is -4.02. The molecule has 0 amide bonds. The van der Waals surface area contributed by atoms with Gasteiger partial charge in [-0.1, -0.05) is 30.3 Å². The van der Waals surface area contributed by atoms with E-state index in [0.717, 1.165) is 27.7 Å². The van der Waals surface area contributed by atoms with E-state index in [1.165, 1.54) is 27.2 Å². The molecule has 0 N–H and O–H groups in total. The summed E-state index contributed by atoms with van der Waals surface area (Å²) >= 11 is 0. The summed E-state index contributed by atoms with van der Waals surface area (Å²) in [5.41, 5.74) is 3.04. The number of fused-ring (bicyclic) bond motifs is 1. The molecule has 39 heavy (non-hydrogen) atoms. The lowest BCUT2D eigenvalue weighted by Gasteiger charge is -2.32. The molecule has 1 unspecified atom stereocenters. The van der Waals surface area contributed by atoms with Crippen molar-refractivity contribution in [2.24, 2.45) is 7.05 Å². The molecule has 10 heteroatoms. The van der Waals surface area contributed by atoms with Crippen LogP contribution in [0.25, 0.3) is 16.6 Å². The summed E-state index contributed by atoms with van der Waals surface area (Å²) in [6.07, 6.45) is 4.66. The molecule has 0 radical (unpaired) electrons. The third-order valence-electron chi connectivity index (χ3n) is 7.53. The maximum absolute atomic E-state index is 13.5. The van der Waals surface area contributed by atoms with Crippen LogP contribution in [0, 0.1) is 5.82 Å². The van der Waals surface area contributed by atoms with Crippen LogP contribution in [0.5, 0.6) is 5.75 Å². The molecule has 5 aromatic rings. The van der Waals surface area contributed by atoms with Gasteiger partial charge in [-0.05, 0) is 54.8 Å². The van der Waals surface area contributed by atoms with Crippen molar-refractivity contribution in [3.63, 3.8) is 0 Å². The number of ether oxygens (including phenoxy) is 1. The molecule has 6 rings (SSSR count). The van der Waals surface area contributed by atoms with Crippen molar-refractivity contribution >= 4 is 20.9 Å². The van der Waals surface area contributed by atoms with Crippen LogP contribution in [0.2, 0.25) is 0 Å². The number of methoxy groups -OCH3 is 1. The lowest BCUT2D eigenvalue weighted by Crippen LogP contribution is -2.36. The van der Waals surface area contributed by atoms with Crippen molar-refractivity contribution in [1.82, 2.24) is 23.9 Å². The van der Waals surface area contributed by atoms with Gasteiger partial charge in [-0.3, -0.25) is 4.68 Å². The first-order valence-corrected chi connectivity index (χ1v) is 14.1. The predicted molar refractivity (Wildman–Crippen MR) is 146 cm³/mol. The van der Waals surface area contributed by atoms with Gasteiger partial charge in [-0.2, -0.15) is 14.5 Å². The first kappa shape index (κ1) is 25.3. The van der Waals surface area contributed by atoms with Crippen LogP contribution in [0.15, 0.2) is 90.2 Å². The zero-order valence-electron chi connectivity index (χ0n) is 21.7. The average molecular weight is 546 g/mol. The largest absolute Gasteiger partial charge is 0.496 e. The fourth-order valence-corrected chi connectivity index (χ4v) is 7.05. The van der Waals surface area contributed by atoms with Crippen molar-refractivity contribution in [2.75, 3.05) is 20.2 Å². The zero-order valence-corrected chi connectivity index (χ0v) is 22.5. The SMILES string of the molecule is COc1cc2c(cnn2-c2ccc(F)cc2)cc1C1(Cc2ccccc2)CCN(S(=O)(=O)c2ccn(C)n2)C1. The second-order valence-corrected chi connectivity index (χ2v) is 11.9. The second kappa shape index (κ2) is 9.62. The Morgan fingerprint density at radius 3 is 2.51 bits per heavy atom. The van der Waals surface area contributed by atoms with E-state index < -0.39 is 15.4 Å². The fraction of sp³-hybridized carbons (Fsp3) is 0.241. The Balaban J connectivity index is 1.46. The predicted octanol–water partition coefficient (Wildman–Crippen LogP) is 4.48. The molecule has 200 valence electrons. The third kappa shape index (κ3) is 4.49. The lowest BCUT2D eigenvalue weighted by molar-refractivity contribution is 0.370. The highest BCUT2D eigenvalue weighted by Crippen LogP contribution is 2.45. The summed E-state index contributed by atoms with van der Waals surface area (Å²) < 4.78 is 51.3. The van der Waals surface area contributed by atoms with Gasteiger partial charge in [0.05, 0.1) is 24.5 Å². The van der Waals surface area contributed by atoms with E-state index in [0.29, 0.717) is 25.1 Å². The number of benzene rings is 3. The molecule has 3 heterocycles. The number of hydrogen-bond donors (Lipinski definition) is 0. The van der Waals surface area contributed by atoms with Crippen LogP contribution in [0.3, 0.4) is 0 Å². The Labute approximate surface area is 226 Å². The zero-order chi connectivity index (χ0) is 27.2. The highest BCUT2D eigenvalue weighted by Gasteiger charge is 2.46. The summed E-state index contributed by atoms with van der Waals surface area (Å²) in [5, 5.41) is 9.66. The Morgan fingerprint density at radius 2 is 1.82 bits per heavy atom. The average Bonchev–Trinajstić information content (AvgIpc) is 3.68. The number of sulfonamides is 1. The quantitative estimate of drug-likeness (QED) is 0.301. The molecular weight excluding hydrogens is 517 g/mol. The number of rotatable bonds is 7. The van der Waals surface area contributed by atoms with Gasteiger partial charge in [0.1, 0.15) is 11.6 Å². The first-order chi connectivity index (χ1) is 18.8. The van der Waals surface area contributed by atoms with E-state index in [9.17, 15) is 12.8 Å². The normalized spacial score (nSPS) is 18.1. The van der Waals surface area contributed by atoms with E-state index in [2.05, 4.69) is 28.4 Å². The van der Waals surface area contributed by atoms with Gasteiger partial charge >= 0.3 is 0 Å². The van der Waals surface area contributed by atoms with Crippen LogP contribution in [0.4, 0.5) is 4.39 Å². The molecule has 0 saturated carbocycles. The molecule has 2 aromatic heterocycles. The van der Waals surface area contributed by atoms with Crippen molar-refractivity contribution in [2.45, 2.75) is 23.3 Å². The standard InChI is InChI=1S/C29H28FN5O3S/c1-33-14-12-28(32-33)39(36,37)34-15-13-29(20-34,18-21-6-4-3-5-7-21)25-16-22-19-31-35(26(22)17-27(25)38-2)24-10-8-23(30)9-11-24/h3-12,14,16-17,19H,13,15,18,20H2,1-2H3. The first-order valence-electron chi connectivity index (χ1n) is 12.6. The van der Waals surface area contributed by atoms with Crippen LogP contribution >= 0.6 is 0 Å². The Morgan fingerprint density at radius 1 is 1.05 bits per heavy atom. The maximum Gasteiger partial charge on any atom is 0.262 e. The highest BCUT2D eigenvalue weighted by molar-refractivity contribution is 7.89. The van der Waals surface area contributed by atoms with Gasteiger partial charge in [0, 0.05) is 48.8 Å². The lowest BCUT2D eigenvalue weighted by atomic mass is 9.74. The summed E-state index contributed by atoms with van der Waals surface area (Å²) in [4.78, 5) is 0. The maximum atomic E-state index is 13.5. The molecule has 1 aliphatic heterocycles. The summed E-state index contributed by atoms with van der Waals surface area (Å²) in [5.74, 6) is 0.337. The molecule has 0 spiro atoms. The molecule has 1 atom stereocenters. The van der Waals surface area contributed by atoms with Crippen LogP contribution in [-0.2, 0) is 28.9 Å². The number of aromatic nitrogens is 4. The van der Waals surface area contributed by atoms with E-state index in [-0.39, 0.29) is 17.4 Å². The van der Waals surface area contributed by atoms with E-state index in [1.807, 2.05) is 24.3 Å². The molecule has 0 bridgehead atoms. The number of hydrogen-bond acceptors (Lipinski definition) is 5. The van der Waals surface area contributed by atoms with E-state index in [4.69, 9.17) is 4.74 Å². The highest BCUT2D eigenvalue weighted by atomic mass is 32.2. The molecule has 8 nitrogen and oxygen atoms in total. The fourth-order valence-electron chi connectivity index (χ4n) is 5.58. The second-order valence-electron chi connectivity index (χ2n) is 10.0. The summed E-state index contributed by atoms with van der Waals surface area (Å²) in [6, 6.07) is 21.8. The minimum atomic E-state index is -3.77. The van der Waals surface area contributed by atoms with Crippen molar-refractivity contribution in [3.05, 3.63) is 102 Å². The van der Waals surface area contributed by atoms with Gasteiger partial charge in [0.25, 0.3) is 10.0 Å². The number of nitrogens with zero attached hydrogens (tertiary/aromatic N) is 5. The Kier molecular flexibility index (Phi) is 6.23. The minimum Gasteiger partial charge on any atom is -0.496 e. The van der Waals surface area contributed by atoms with Crippen LogP contribution in [-0.4, -0.2) is 52.5 Å². The topological polar surface area (TPSA) is 82.3 Å². The summed E-state index contributed by atoms with van der Waals surface area (Å²) in [7, 11) is -0.448. The van der Waals surface area contributed by atoms with Crippen LogP contribution in [0.1, 0.15) is 17.5 Å². The number of halogens is 1. The number of aryl methyl sites for hydroxylation is 1. The monoisotopic (exact) mass is 545 g/mol. The third-order valence-corrected chi connectivity index (χ3v) is 9.27. The Bertz CT molecular complexity index is 1750. The van der Waals surface area contributed by atoms with Crippen molar-refractivity contribution < 1.29 is 17.5 Å². The van der Waals surface area contributed by atoms with Crippen molar-refractivity contribution in [1.29, 1.82) is 0 Å². The van der Waals surface area contributed by atoms with Gasteiger partial charge in [0.15, 0.2) is 5.03 Å². The van der Waals surface area contributed by atoms with E-state index >= 15 is 0 Å². The minimum absolute atomic E-state index is 0.0449. The summed E-state index contributed by atoms with van der Waals surface area (Å²) in [6.45, 7) is 0.649. The van der Waals surface area contributed by atoms with Crippen LogP contribution < -0.4 is 4.74 Å². The van der Waals surface area contributed by atoms with E-state index in [1.54, 1.807) is 43.4 Å². The van der Waals surface area contributed by atoms with Gasteiger partial charge < -0.3 is 4.74 Å². The van der Waals surface area contributed by atoms with Gasteiger partial charge in [-0.25, -0.2) is 17.5 Å². The molecule has 1 saturated heterocycles. The van der Waals surface area contributed by atoms with Crippen molar-refractivity contribution in [3.8, 4) is 11.4 Å². The van der Waals surface area contributed by atoms with Gasteiger partial charge in [0.2, 0.25) is 0 Å². The smallest absolute Gasteiger partial charge is 0.262 e. The van der Waals surface area contributed by atoms with Gasteiger partial charge in [-0.15, -0.1) is 0 Å². The molecule has 1 fully saturated rings. The molecule has 0 aliphatic carbocycles. The molecular formula is C29H28FN5O3S.